The Morgan fingerprint density at radius 2 is 2.08 bits per heavy atom. The average Bonchev–Trinajstić information content (AvgIpc) is 2.64. The highest BCUT2D eigenvalue weighted by Gasteiger charge is 2.28. The molecule has 1 aliphatic rings. The third kappa shape index (κ3) is 6.33. The van der Waals surface area contributed by atoms with Gasteiger partial charge in [-0.1, -0.05) is 44.2 Å². The molecule has 3 N–H and O–H groups in total. The molecule has 0 aromatic heterocycles. The molecule has 3 atom stereocenters. The van der Waals surface area contributed by atoms with E-state index < -0.39 is 0 Å². The van der Waals surface area contributed by atoms with Crippen LogP contribution in [0.4, 0.5) is 4.79 Å². The normalized spacial score (nSPS) is 21.8. The van der Waals surface area contributed by atoms with Crippen LogP contribution in [0.3, 0.4) is 0 Å². The largest absolute Gasteiger partial charge is 0.396 e. The zero-order chi connectivity index (χ0) is 18.1. The second-order valence-electron chi connectivity index (χ2n) is 7.17. The number of aliphatic hydroxyl groups is 1. The molecular formula is C20H32N2O3. The van der Waals surface area contributed by atoms with E-state index in [0.29, 0.717) is 24.8 Å². The van der Waals surface area contributed by atoms with Crippen LogP contribution in [0, 0.1) is 11.8 Å². The molecule has 1 saturated heterocycles. The Morgan fingerprint density at radius 1 is 1.32 bits per heavy atom. The lowest BCUT2D eigenvalue weighted by Crippen LogP contribution is -2.45. The van der Waals surface area contributed by atoms with Gasteiger partial charge < -0.3 is 20.5 Å². The van der Waals surface area contributed by atoms with Crippen LogP contribution < -0.4 is 10.6 Å². The molecular weight excluding hydrogens is 316 g/mol. The van der Waals surface area contributed by atoms with Crippen molar-refractivity contribution in [1.29, 1.82) is 0 Å². The van der Waals surface area contributed by atoms with E-state index in [2.05, 4.69) is 24.5 Å². The van der Waals surface area contributed by atoms with Gasteiger partial charge in [-0.05, 0) is 37.2 Å². The van der Waals surface area contributed by atoms with E-state index in [1.807, 2.05) is 30.3 Å². The Balaban J connectivity index is 1.87. The molecule has 1 heterocycles. The SMILES string of the molecule is CC(C)C1OCCCC1CNC(=O)NC(CCCO)c1ccccc1. The first-order valence-electron chi connectivity index (χ1n) is 9.43. The summed E-state index contributed by atoms with van der Waals surface area (Å²) in [5, 5.41) is 15.2. The monoisotopic (exact) mass is 348 g/mol. The number of aliphatic hydroxyl groups excluding tert-OH is 1. The molecule has 0 aliphatic carbocycles. The van der Waals surface area contributed by atoms with Gasteiger partial charge in [0.15, 0.2) is 0 Å². The zero-order valence-corrected chi connectivity index (χ0v) is 15.4. The molecule has 140 valence electrons. The van der Waals surface area contributed by atoms with E-state index in [0.717, 1.165) is 31.4 Å². The first kappa shape index (κ1) is 19.7. The van der Waals surface area contributed by atoms with E-state index in [1.165, 1.54) is 0 Å². The lowest BCUT2D eigenvalue weighted by Gasteiger charge is -2.34. The number of carbonyl (C=O) groups excluding carboxylic acids is 1. The first-order chi connectivity index (χ1) is 12.1. The van der Waals surface area contributed by atoms with E-state index in [4.69, 9.17) is 9.84 Å². The molecule has 0 radical (unpaired) electrons. The van der Waals surface area contributed by atoms with Gasteiger partial charge in [0.2, 0.25) is 0 Å². The molecule has 5 nitrogen and oxygen atoms in total. The van der Waals surface area contributed by atoms with Crippen LogP contribution in [-0.4, -0.2) is 37.0 Å². The number of hydrogen-bond acceptors (Lipinski definition) is 3. The summed E-state index contributed by atoms with van der Waals surface area (Å²) >= 11 is 0. The molecule has 1 aliphatic heterocycles. The van der Waals surface area contributed by atoms with Gasteiger partial charge in [-0.2, -0.15) is 0 Å². The fourth-order valence-corrected chi connectivity index (χ4v) is 3.56. The predicted molar refractivity (Wildman–Crippen MR) is 99.3 cm³/mol. The van der Waals surface area contributed by atoms with Gasteiger partial charge in [0.25, 0.3) is 0 Å². The summed E-state index contributed by atoms with van der Waals surface area (Å²) in [6.07, 6.45) is 3.74. The van der Waals surface area contributed by atoms with Crippen LogP contribution in [0.15, 0.2) is 30.3 Å². The van der Waals surface area contributed by atoms with Crippen molar-refractivity contribution in [1.82, 2.24) is 10.6 Å². The van der Waals surface area contributed by atoms with Crippen LogP contribution in [-0.2, 0) is 4.74 Å². The van der Waals surface area contributed by atoms with Crippen molar-refractivity contribution in [3.63, 3.8) is 0 Å². The molecule has 1 aromatic rings. The Bertz CT molecular complexity index is 507. The Labute approximate surface area is 151 Å². The predicted octanol–water partition coefficient (Wildman–Crippen LogP) is 3.25. The van der Waals surface area contributed by atoms with Gasteiger partial charge in [0.1, 0.15) is 0 Å². The molecule has 0 saturated carbocycles. The molecule has 1 fully saturated rings. The average molecular weight is 348 g/mol. The second kappa shape index (κ2) is 10.4. The summed E-state index contributed by atoms with van der Waals surface area (Å²) < 4.78 is 5.89. The number of carbonyl (C=O) groups is 1. The quantitative estimate of drug-likeness (QED) is 0.675. The summed E-state index contributed by atoms with van der Waals surface area (Å²) in [6, 6.07) is 9.66. The number of urea groups is 1. The third-order valence-corrected chi connectivity index (χ3v) is 4.83. The molecule has 0 spiro atoms. The summed E-state index contributed by atoms with van der Waals surface area (Å²) in [5.74, 6) is 0.823. The molecule has 3 unspecified atom stereocenters. The zero-order valence-electron chi connectivity index (χ0n) is 15.4. The minimum Gasteiger partial charge on any atom is -0.396 e. The van der Waals surface area contributed by atoms with Crippen LogP contribution in [0.1, 0.15) is 51.1 Å². The van der Waals surface area contributed by atoms with Gasteiger partial charge in [-0.25, -0.2) is 4.79 Å². The highest BCUT2D eigenvalue weighted by atomic mass is 16.5. The fourth-order valence-electron chi connectivity index (χ4n) is 3.56. The maximum absolute atomic E-state index is 12.4. The van der Waals surface area contributed by atoms with Gasteiger partial charge in [-0.15, -0.1) is 0 Å². The number of ether oxygens (including phenoxy) is 1. The van der Waals surface area contributed by atoms with Crippen molar-refractivity contribution in [3.05, 3.63) is 35.9 Å². The van der Waals surface area contributed by atoms with Crippen LogP contribution >= 0.6 is 0 Å². The van der Waals surface area contributed by atoms with Gasteiger partial charge >= 0.3 is 6.03 Å². The van der Waals surface area contributed by atoms with E-state index in [9.17, 15) is 4.79 Å². The molecule has 0 bridgehead atoms. The smallest absolute Gasteiger partial charge is 0.315 e. The van der Waals surface area contributed by atoms with E-state index >= 15 is 0 Å². The topological polar surface area (TPSA) is 70.6 Å². The summed E-state index contributed by atoms with van der Waals surface area (Å²) in [5.41, 5.74) is 1.06. The third-order valence-electron chi connectivity index (χ3n) is 4.83. The molecule has 2 amide bonds. The number of rotatable bonds is 8. The lowest BCUT2D eigenvalue weighted by atomic mass is 9.87. The molecule has 25 heavy (non-hydrogen) atoms. The standard InChI is InChI=1S/C20H32N2O3/c1-15(2)19-17(10-7-13-25-19)14-21-20(24)22-18(11-6-12-23)16-8-4-3-5-9-16/h3-5,8-9,15,17-19,23H,6-7,10-14H2,1-2H3,(H2,21,22,24). The number of nitrogens with one attached hydrogen (secondary N) is 2. The maximum atomic E-state index is 12.4. The second-order valence-corrected chi connectivity index (χ2v) is 7.17. The molecule has 1 aromatic carbocycles. The summed E-state index contributed by atoms with van der Waals surface area (Å²) in [4.78, 5) is 12.4. The van der Waals surface area contributed by atoms with Gasteiger partial charge in [0, 0.05) is 25.7 Å². The fraction of sp³-hybridized carbons (Fsp3) is 0.650. The van der Waals surface area contributed by atoms with Crippen molar-refractivity contribution < 1.29 is 14.6 Å². The Morgan fingerprint density at radius 3 is 2.76 bits per heavy atom. The minimum absolute atomic E-state index is 0.0862. The number of benzene rings is 1. The van der Waals surface area contributed by atoms with Crippen molar-refractivity contribution in [2.45, 2.75) is 51.7 Å². The number of hydrogen-bond donors (Lipinski definition) is 3. The minimum atomic E-state index is -0.153. The van der Waals surface area contributed by atoms with Crippen molar-refractivity contribution >= 4 is 6.03 Å². The lowest BCUT2D eigenvalue weighted by molar-refractivity contribution is -0.0508. The van der Waals surface area contributed by atoms with Crippen LogP contribution in [0.5, 0.6) is 0 Å². The highest BCUT2D eigenvalue weighted by Crippen LogP contribution is 2.25. The van der Waals surface area contributed by atoms with Gasteiger partial charge in [-0.3, -0.25) is 0 Å². The maximum Gasteiger partial charge on any atom is 0.315 e. The van der Waals surface area contributed by atoms with E-state index in [-0.39, 0.29) is 24.8 Å². The van der Waals surface area contributed by atoms with Crippen LogP contribution in [0.2, 0.25) is 0 Å². The Hall–Kier alpha value is -1.59. The number of amides is 2. The van der Waals surface area contributed by atoms with Crippen molar-refractivity contribution in [3.8, 4) is 0 Å². The van der Waals surface area contributed by atoms with E-state index in [1.54, 1.807) is 0 Å². The molecule has 5 heteroatoms. The molecule has 2 rings (SSSR count). The van der Waals surface area contributed by atoms with Crippen molar-refractivity contribution in [2.24, 2.45) is 11.8 Å². The Kier molecular flexibility index (Phi) is 8.22. The summed E-state index contributed by atoms with van der Waals surface area (Å²) in [7, 11) is 0. The summed E-state index contributed by atoms with van der Waals surface area (Å²) in [6.45, 7) is 5.92. The highest BCUT2D eigenvalue weighted by molar-refractivity contribution is 5.74. The van der Waals surface area contributed by atoms with Gasteiger partial charge in [0.05, 0.1) is 12.1 Å². The first-order valence-corrected chi connectivity index (χ1v) is 9.43. The van der Waals surface area contributed by atoms with Crippen LogP contribution in [0.25, 0.3) is 0 Å². The van der Waals surface area contributed by atoms with Crippen molar-refractivity contribution in [2.75, 3.05) is 19.8 Å².